The van der Waals surface area contributed by atoms with Gasteiger partial charge in [-0.15, -0.1) is 0 Å². The van der Waals surface area contributed by atoms with E-state index in [1.54, 1.807) is 0 Å². The van der Waals surface area contributed by atoms with Crippen molar-refractivity contribution in [3.05, 3.63) is 0 Å². The molecule has 2 unspecified atom stereocenters. The van der Waals surface area contributed by atoms with Crippen LogP contribution >= 0.6 is 0 Å². The van der Waals surface area contributed by atoms with Crippen molar-refractivity contribution in [1.82, 2.24) is 5.32 Å². The number of hydrogen-bond acceptors (Lipinski definition) is 4. The van der Waals surface area contributed by atoms with Crippen LogP contribution in [0.4, 0.5) is 0 Å². The van der Waals surface area contributed by atoms with Gasteiger partial charge in [0.1, 0.15) is 0 Å². The van der Waals surface area contributed by atoms with Gasteiger partial charge in [0.2, 0.25) is 0 Å². The number of aliphatic carboxylic acids is 1. The topological polar surface area (TPSA) is 67.8 Å². The second-order valence-corrected chi connectivity index (χ2v) is 4.98. The van der Waals surface area contributed by atoms with Gasteiger partial charge in [0.05, 0.1) is 12.2 Å². The number of carboxylic acid groups (broad SMARTS) is 1. The van der Waals surface area contributed by atoms with Crippen molar-refractivity contribution in [3.63, 3.8) is 0 Å². The molecule has 0 aromatic carbocycles. The lowest BCUT2D eigenvalue weighted by Crippen LogP contribution is -2.47. The summed E-state index contributed by atoms with van der Waals surface area (Å²) < 4.78 is 11.3. The molecular weight excluding hydrogens is 222 g/mol. The lowest BCUT2D eigenvalue weighted by molar-refractivity contribution is -0.137. The van der Waals surface area contributed by atoms with Gasteiger partial charge in [0.15, 0.2) is 0 Å². The van der Waals surface area contributed by atoms with Crippen molar-refractivity contribution in [3.8, 4) is 0 Å². The van der Waals surface area contributed by atoms with E-state index in [9.17, 15) is 4.79 Å². The van der Waals surface area contributed by atoms with Gasteiger partial charge in [-0.25, -0.2) is 0 Å². The van der Waals surface area contributed by atoms with E-state index in [0.29, 0.717) is 19.1 Å². The van der Waals surface area contributed by atoms with E-state index in [4.69, 9.17) is 14.6 Å². The number of ether oxygens (including phenoxy) is 2. The van der Waals surface area contributed by atoms with Gasteiger partial charge in [-0.3, -0.25) is 4.79 Å². The molecule has 0 saturated carbocycles. The number of carboxylic acids is 1. The Balaban J connectivity index is 1.68. The summed E-state index contributed by atoms with van der Waals surface area (Å²) in [5.74, 6) is -0.723. The fourth-order valence-corrected chi connectivity index (χ4v) is 2.61. The fraction of sp³-hybridized carbons (Fsp3) is 0.917. The van der Waals surface area contributed by atoms with E-state index >= 15 is 0 Å². The Hall–Kier alpha value is -0.650. The molecule has 5 heteroatoms. The molecule has 5 nitrogen and oxygen atoms in total. The van der Waals surface area contributed by atoms with Crippen LogP contribution in [0.25, 0.3) is 0 Å². The molecule has 0 radical (unpaired) electrons. The Morgan fingerprint density at radius 1 is 1.47 bits per heavy atom. The molecule has 2 saturated heterocycles. The lowest BCUT2D eigenvalue weighted by atomic mass is 9.89. The highest BCUT2D eigenvalue weighted by Gasteiger charge is 2.40. The van der Waals surface area contributed by atoms with Gasteiger partial charge < -0.3 is 19.9 Å². The Morgan fingerprint density at radius 3 is 3.06 bits per heavy atom. The maximum atomic E-state index is 10.4. The zero-order chi connectivity index (χ0) is 12.1. The van der Waals surface area contributed by atoms with Crippen molar-refractivity contribution >= 4 is 5.97 Å². The minimum atomic E-state index is -0.723. The molecule has 2 rings (SSSR count). The van der Waals surface area contributed by atoms with E-state index in [0.717, 1.165) is 39.0 Å². The van der Waals surface area contributed by atoms with Gasteiger partial charge in [0.25, 0.3) is 0 Å². The van der Waals surface area contributed by atoms with Crippen molar-refractivity contribution in [1.29, 1.82) is 0 Å². The average molecular weight is 243 g/mol. The number of hydrogen-bond donors (Lipinski definition) is 2. The van der Waals surface area contributed by atoms with Crippen molar-refractivity contribution in [2.75, 3.05) is 26.4 Å². The van der Waals surface area contributed by atoms with Crippen LogP contribution in [0.1, 0.15) is 32.1 Å². The lowest BCUT2D eigenvalue weighted by Gasteiger charge is -2.37. The first-order valence-electron chi connectivity index (χ1n) is 6.37. The van der Waals surface area contributed by atoms with E-state index in [-0.39, 0.29) is 12.0 Å². The van der Waals surface area contributed by atoms with Gasteiger partial charge in [-0.05, 0) is 25.8 Å². The van der Waals surface area contributed by atoms with Crippen LogP contribution in [0, 0.1) is 0 Å². The quantitative estimate of drug-likeness (QED) is 0.698. The first-order chi connectivity index (χ1) is 8.20. The Kier molecular flexibility index (Phi) is 4.36. The minimum absolute atomic E-state index is 0.0668. The zero-order valence-electron chi connectivity index (χ0n) is 10.1. The van der Waals surface area contributed by atoms with E-state index < -0.39 is 5.97 Å². The molecule has 0 aliphatic carbocycles. The second kappa shape index (κ2) is 5.80. The summed E-state index contributed by atoms with van der Waals surface area (Å²) in [6.45, 7) is 3.06. The number of carbonyl (C=O) groups is 1. The summed E-state index contributed by atoms with van der Waals surface area (Å²) in [6, 6.07) is 0.444. The van der Waals surface area contributed by atoms with Crippen LogP contribution in [-0.2, 0) is 14.3 Å². The van der Waals surface area contributed by atoms with Gasteiger partial charge in [0, 0.05) is 32.1 Å². The highest BCUT2D eigenvalue weighted by atomic mass is 16.6. The smallest absolute Gasteiger partial charge is 0.303 e. The van der Waals surface area contributed by atoms with Crippen LogP contribution in [0.2, 0.25) is 0 Å². The molecule has 0 amide bonds. The average Bonchev–Trinajstić information content (AvgIpc) is 2.73. The molecule has 0 bridgehead atoms. The van der Waals surface area contributed by atoms with E-state index in [1.807, 2.05) is 0 Å². The molecule has 2 aliphatic heterocycles. The molecule has 2 aliphatic rings. The maximum Gasteiger partial charge on any atom is 0.303 e. The van der Waals surface area contributed by atoms with Crippen LogP contribution in [0.3, 0.4) is 0 Å². The molecule has 2 fully saturated rings. The SMILES string of the molecule is O=C(O)CCCNC1CCOC2(CCOC2)C1. The molecule has 2 N–H and O–H groups in total. The summed E-state index contributed by atoms with van der Waals surface area (Å²) in [5.41, 5.74) is -0.0668. The summed E-state index contributed by atoms with van der Waals surface area (Å²) in [6.07, 6.45) is 3.91. The monoisotopic (exact) mass is 243 g/mol. The van der Waals surface area contributed by atoms with Gasteiger partial charge in [-0.1, -0.05) is 0 Å². The third-order valence-electron chi connectivity index (χ3n) is 3.56. The Labute approximate surface area is 101 Å². The first kappa shape index (κ1) is 12.8. The molecule has 98 valence electrons. The van der Waals surface area contributed by atoms with Crippen LogP contribution in [-0.4, -0.2) is 49.1 Å². The predicted octanol–water partition coefficient (Wildman–Crippen LogP) is 0.779. The Bertz CT molecular complexity index is 263. The van der Waals surface area contributed by atoms with E-state index in [2.05, 4.69) is 5.32 Å². The minimum Gasteiger partial charge on any atom is -0.481 e. The largest absolute Gasteiger partial charge is 0.481 e. The molecule has 0 aromatic rings. The second-order valence-electron chi connectivity index (χ2n) is 4.98. The number of nitrogens with one attached hydrogen (secondary N) is 1. The summed E-state index contributed by atoms with van der Waals surface area (Å²) in [5, 5.41) is 12.0. The fourth-order valence-electron chi connectivity index (χ4n) is 2.61. The Morgan fingerprint density at radius 2 is 2.35 bits per heavy atom. The number of rotatable bonds is 5. The normalized spacial score (nSPS) is 33.1. The molecule has 0 aromatic heterocycles. The van der Waals surface area contributed by atoms with Crippen molar-refractivity contribution in [2.45, 2.75) is 43.7 Å². The highest BCUT2D eigenvalue weighted by molar-refractivity contribution is 5.66. The molecule has 1 spiro atoms. The summed E-state index contributed by atoms with van der Waals surface area (Å²) in [4.78, 5) is 10.4. The molecular formula is C12H21NO4. The molecule has 2 heterocycles. The molecule has 2 atom stereocenters. The van der Waals surface area contributed by atoms with Gasteiger partial charge >= 0.3 is 5.97 Å². The van der Waals surface area contributed by atoms with Crippen LogP contribution in [0.15, 0.2) is 0 Å². The third kappa shape index (κ3) is 3.66. The van der Waals surface area contributed by atoms with E-state index in [1.165, 1.54) is 0 Å². The first-order valence-corrected chi connectivity index (χ1v) is 6.37. The predicted molar refractivity (Wildman–Crippen MR) is 62.0 cm³/mol. The maximum absolute atomic E-state index is 10.4. The highest BCUT2D eigenvalue weighted by Crippen LogP contribution is 2.32. The third-order valence-corrected chi connectivity index (χ3v) is 3.56. The summed E-state index contributed by atoms with van der Waals surface area (Å²) >= 11 is 0. The van der Waals surface area contributed by atoms with Crippen molar-refractivity contribution < 1.29 is 19.4 Å². The summed E-state index contributed by atoms with van der Waals surface area (Å²) in [7, 11) is 0. The van der Waals surface area contributed by atoms with Crippen LogP contribution in [0.5, 0.6) is 0 Å². The van der Waals surface area contributed by atoms with Crippen LogP contribution < -0.4 is 5.32 Å². The standard InChI is InChI=1S/C12H21NO4/c14-11(15)2-1-5-13-10-3-6-17-12(8-10)4-7-16-9-12/h10,13H,1-9H2,(H,14,15). The van der Waals surface area contributed by atoms with Crippen molar-refractivity contribution in [2.24, 2.45) is 0 Å². The van der Waals surface area contributed by atoms with Gasteiger partial charge in [-0.2, -0.15) is 0 Å². The molecule has 17 heavy (non-hydrogen) atoms. The zero-order valence-corrected chi connectivity index (χ0v) is 10.1.